The first kappa shape index (κ1) is 28.8. The summed E-state index contributed by atoms with van der Waals surface area (Å²) in [5.74, 6) is -0.723. The molecule has 3 aromatic carbocycles. The van der Waals surface area contributed by atoms with E-state index >= 15 is 0 Å². The van der Waals surface area contributed by atoms with Crippen LogP contribution >= 0.6 is 0 Å². The van der Waals surface area contributed by atoms with E-state index in [-0.39, 0.29) is 103 Å². The molecule has 0 aliphatic carbocycles. The van der Waals surface area contributed by atoms with Crippen molar-refractivity contribution in [1.82, 2.24) is 0 Å². The summed E-state index contributed by atoms with van der Waals surface area (Å²) < 4.78 is 11.9. The van der Waals surface area contributed by atoms with Crippen LogP contribution in [0.15, 0.2) is 60.7 Å². The van der Waals surface area contributed by atoms with E-state index < -0.39 is 0 Å². The zero-order chi connectivity index (χ0) is 15.3. The molecule has 0 saturated carbocycles. The molecule has 0 aromatic heterocycles. The van der Waals surface area contributed by atoms with Crippen molar-refractivity contribution in [2.24, 2.45) is 0 Å². The van der Waals surface area contributed by atoms with Crippen molar-refractivity contribution < 1.29 is 100 Å². The van der Waals surface area contributed by atoms with Gasteiger partial charge in [0.2, 0.25) is 0 Å². The number of hydrogen-bond acceptors (Lipinski definition) is 2. The molecule has 121 valence electrons. The SMILES string of the molecule is Fc1cc[c-]cc1.Oc1[c-]cc[c-]c1O.[Re].[Y].[Y].[c-]1cc[c-]cc1. The van der Waals surface area contributed by atoms with Crippen molar-refractivity contribution in [3.8, 4) is 11.5 Å². The molecule has 6 heteroatoms. The molecule has 0 heterocycles. The van der Waals surface area contributed by atoms with Gasteiger partial charge in [-0.1, -0.05) is 11.5 Å². The first-order valence-electron chi connectivity index (χ1n) is 5.94. The van der Waals surface area contributed by atoms with Crippen LogP contribution in [0, 0.1) is 36.1 Å². The third-order valence-corrected chi connectivity index (χ3v) is 1.98. The Balaban J connectivity index is -0.000000261. The zero-order valence-corrected chi connectivity index (χ0v) is 21.0. The fourth-order valence-electron chi connectivity index (χ4n) is 1.05. The van der Waals surface area contributed by atoms with E-state index in [4.69, 9.17) is 10.2 Å². The zero-order valence-electron chi connectivity index (χ0n) is 12.6. The molecule has 3 rings (SSSR count). The van der Waals surface area contributed by atoms with Gasteiger partial charge in [0.05, 0.1) is 0 Å². The third kappa shape index (κ3) is 15.6. The number of phenols is 2. The molecule has 0 aliphatic heterocycles. The molecule has 2 nitrogen and oxygen atoms in total. The summed E-state index contributed by atoms with van der Waals surface area (Å²) in [7, 11) is 0. The molecule has 0 bridgehead atoms. The van der Waals surface area contributed by atoms with E-state index in [0.717, 1.165) is 0 Å². The number of phenolic OH excluding ortho intramolecular Hbond substituents is 2. The third-order valence-electron chi connectivity index (χ3n) is 1.98. The van der Waals surface area contributed by atoms with Crippen LogP contribution in [0.4, 0.5) is 4.39 Å². The summed E-state index contributed by atoms with van der Waals surface area (Å²) in [6, 6.07) is 29.2. The Morgan fingerprint density at radius 2 is 0.958 bits per heavy atom. The second-order valence-electron chi connectivity index (χ2n) is 3.54. The Morgan fingerprint density at radius 3 is 1.17 bits per heavy atom. The maximum Gasteiger partial charge on any atom is 0.0151 e. The number of aromatic hydroxyl groups is 2. The first-order chi connectivity index (χ1) is 10.2. The van der Waals surface area contributed by atoms with Crippen LogP contribution in [0.2, 0.25) is 0 Å². The smallest absolute Gasteiger partial charge is 0.0151 e. The Labute approximate surface area is 206 Å². The van der Waals surface area contributed by atoms with Gasteiger partial charge in [-0.25, -0.2) is 4.39 Å². The van der Waals surface area contributed by atoms with Crippen LogP contribution in [0.1, 0.15) is 0 Å². The van der Waals surface area contributed by atoms with Gasteiger partial charge in [0.25, 0.3) is 0 Å². The molecule has 24 heavy (non-hydrogen) atoms. The van der Waals surface area contributed by atoms with E-state index in [1.165, 1.54) is 36.4 Å². The van der Waals surface area contributed by atoms with E-state index in [0.29, 0.717) is 0 Å². The number of benzene rings is 3. The van der Waals surface area contributed by atoms with Gasteiger partial charge in [-0.3, -0.25) is 48.5 Å². The topological polar surface area (TPSA) is 40.5 Å². The first-order valence-corrected chi connectivity index (χ1v) is 5.94. The number of rotatable bonds is 0. The van der Waals surface area contributed by atoms with Crippen molar-refractivity contribution in [3.05, 3.63) is 96.8 Å². The number of hydrogen-bond donors (Lipinski definition) is 2. The van der Waals surface area contributed by atoms with Gasteiger partial charge < -0.3 is 22.3 Å². The van der Waals surface area contributed by atoms with E-state index in [1.807, 2.05) is 24.3 Å². The van der Waals surface area contributed by atoms with Crippen molar-refractivity contribution in [3.63, 3.8) is 0 Å². The molecule has 0 amide bonds. The Hall–Kier alpha value is 0.0601. The summed E-state index contributed by atoms with van der Waals surface area (Å²) in [5, 5.41) is 17.2. The fraction of sp³-hybridized carbons (Fsp3) is 0. The quantitative estimate of drug-likeness (QED) is 0.291. The summed E-state index contributed by atoms with van der Waals surface area (Å²) in [6.07, 6.45) is 0. The van der Waals surface area contributed by atoms with Crippen molar-refractivity contribution in [1.29, 1.82) is 0 Å². The second-order valence-corrected chi connectivity index (χ2v) is 3.54. The standard InChI is InChI=1S/C6H4F.C6H4O2.C6H4.Re.2Y/c7-6-4-2-1-3-5-6;7-5-3-1-2-4-6(5)8;1-2-4-6-5-3-1;;;/h2-5H;1-2,7-8H;1-2,5-6H;;;/q-1;2*-2;;;. The minimum absolute atomic E-state index is 0. The summed E-state index contributed by atoms with van der Waals surface area (Å²) in [6.45, 7) is 0. The summed E-state index contributed by atoms with van der Waals surface area (Å²) in [5.41, 5.74) is 0. The van der Waals surface area contributed by atoms with Crippen molar-refractivity contribution in [2.45, 2.75) is 0 Å². The van der Waals surface area contributed by atoms with Gasteiger partial charge in [-0.2, -0.15) is 18.2 Å². The van der Waals surface area contributed by atoms with Crippen LogP contribution in [-0.4, -0.2) is 10.2 Å². The maximum absolute atomic E-state index is 11.9. The normalized spacial score (nSPS) is 7.54. The molecule has 3 radical (unpaired) electrons. The molecule has 0 atom stereocenters. The van der Waals surface area contributed by atoms with Gasteiger partial charge in [0.15, 0.2) is 0 Å². The van der Waals surface area contributed by atoms with Crippen molar-refractivity contribution in [2.75, 3.05) is 0 Å². The van der Waals surface area contributed by atoms with E-state index in [1.54, 1.807) is 0 Å². The Bertz CT molecular complexity index is 566. The molecule has 0 aliphatic rings. The number of halogens is 1. The molecular formula is C18H12FO2ReY2-5. The predicted octanol–water partition coefficient (Wildman–Crippen LogP) is 3.60. The Kier molecular flexibility index (Phi) is 23.3. The minimum Gasteiger partial charge on any atom is -0.588 e. The average Bonchev–Trinajstić information content (AvgIpc) is 2.54. The van der Waals surface area contributed by atoms with Gasteiger partial charge >= 0.3 is 0 Å². The van der Waals surface area contributed by atoms with Gasteiger partial charge in [0.1, 0.15) is 0 Å². The minimum atomic E-state index is -0.257. The van der Waals surface area contributed by atoms with Crippen LogP contribution in [0.5, 0.6) is 11.5 Å². The summed E-state index contributed by atoms with van der Waals surface area (Å²) in [4.78, 5) is 0. The maximum atomic E-state index is 11.9. The average molecular weight is 643 g/mol. The molecule has 3 aromatic rings. The van der Waals surface area contributed by atoms with E-state index in [9.17, 15) is 4.39 Å². The molecule has 0 unspecified atom stereocenters. The van der Waals surface area contributed by atoms with Crippen LogP contribution < -0.4 is 0 Å². The molecule has 2 N–H and O–H groups in total. The van der Waals surface area contributed by atoms with Crippen LogP contribution in [0.25, 0.3) is 0 Å². The largest absolute Gasteiger partial charge is 0.588 e. The predicted molar refractivity (Wildman–Crippen MR) is 76.8 cm³/mol. The Morgan fingerprint density at radius 1 is 0.625 bits per heavy atom. The molecule has 0 fully saturated rings. The summed E-state index contributed by atoms with van der Waals surface area (Å²) >= 11 is 0. The van der Waals surface area contributed by atoms with Crippen LogP contribution in [0.3, 0.4) is 0 Å². The molecule has 0 spiro atoms. The van der Waals surface area contributed by atoms with Gasteiger partial charge in [-0.15, -0.1) is 12.1 Å². The van der Waals surface area contributed by atoms with Gasteiger partial charge in [0, 0.05) is 91.7 Å². The molecule has 0 saturated heterocycles. The molecular weight excluding hydrogens is 631 g/mol. The van der Waals surface area contributed by atoms with E-state index in [2.05, 4.69) is 30.3 Å². The van der Waals surface area contributed by atoms with Gasteiger partial charge in [-0.05, 0) is 0 Å². The fourth-order valence-corrected chi connectivity index (χ4v) is 1.05. The monoisotopic (exact) mass is 644 g/mol. The van der Waals surface area contributed by atoms with Crippen LogP contribution in [-0.2, 0) is 85.8 Å². The second kappa shape index (κ2) is 19.4. The van der Waals surface area contributed by atoms with Crippen molar-refractivity contribution >= 4 is 0 Å².